The summed E-state index contributed by atoms with van der Waals surface area (Å²) in [4.78, 5) is 10.4. The van der Waals surface area contributed by atoms with E-state index in [4.69, 9.17) is 0 Å². The summed E-state index contributed by atoms with van der Waals surface area (Å²) in [5.41, 5.74) is 1.07. The molecule has 0 spiro atoms. The summed E-state index contributed by atoms with van der Waals surface area (Å²) in [6, 6.07) is 4.25. The van der Waals surface area contributed by atoms with E-state index in [0.29, 0.717) is 0 Å². The van der Waals surface area contributed by atoms with Crippen LogP contribution in [0.4, 0.5) is 11.6 Å². The first kappa shape index (κ1) is 13.8. The molecule has 102 valence electrons. The molecule has 0 aromatic carbocycles. The second-order valence-electron chi connectivity index (χ2n) is 4.32. The lowest BCUT2D eigenvalue weighted by Gasteiger charge is -2.13. The molecule has 2 rings (SSSR count). The van der Waals surface area contributed by atoms with Crippen molar-refractivity contribution in [3.05, 3.63) is 33.8 Å². The zero-order valence-corrected chi connectivity index (χ0v) is 12.5. The van der Waals surface area contributed by atoms with Crippen molar-refractivity contribution in [2.75, 3.05) is 24.2 Å². The summed E-state index contributed by atoms with van der Waals surface area (Å²) in [7, 11) is 1.89. The van der Waals surface area contributed by atoms with Gasteiger partial charge in [0.1, 0.15) is 17.5 Å². The van der Waals surface area contributed by atoms with Gasteiger partial charge in [0.15, 0.2) is 0 Å². The van der Waals surface area contributed by atoms with E-state index in [-0.39, 0.29) is 0 Å². The average molecular weight is 276 g/mol. The fourth-order valence-electron chi connectivity index (χ4n) is 1.90. The number of aryl methyl sites for hydroxylation is 1. The van der Waals surface area contributed by atoms with Gasteiger partial charge in [-0.2, -0.15) is 0 Å². The molecule has 0 unspecified atom stereocenters. The van der Waals surface area contributed by atoms with Crippen LogP contribution in [0.2, 0.25) is 0 Å². The molecule has 19 heavy (non-hydrogen) atoms. The van der Waals surface area contributed by atoms with Gasteiger partial charge in [-0.1, -0.05) is 13.0 Å². The highest BCUT2D eigenvalue weighted by Gasteiger charge is 2.08. The molecule has 2 N–H and O–H groups in total. The molecule has 0 saturated heterocycles. The molecule has 0 fully saturated rings. The Bertz CT molecular complexity index is 522. The maximum Gasteiger partial charge on any atom is 0.134 e. The first-order chi connectivity index (χ1) is 9.24. The van der Waals surface area contributed by atoms with Gasteiger partial charge in [0.25, 0.3) is 0 Å². The van der Waals surface area contributed by atoms with Crippen LogP contribution in [0.25, 0.3) is 0 Å². The summed E-state index contributed by atoms with van der Waals surface area (Å²) in [5, 5.41) is 8.65. The maximum atomic E-state index is 4.56. The highest BCUT2D eigenvalue weighted by molar-refractivity contribution is 7.09. The van der Waals surface area contributed by atoms with Crippen LogP contribution < -0.4 is 10.6 Å². The Labute approximate surface area is 118 Å². The predicted octanol–water partition coefficient (Wildman–Crippen LogP) is 3.11. The number of nitrogens with one attached hydrogen (secondary N) is 2. The van der Waals surface area contributed by atoms with Crippen LogP contribution in [0.5, 0.6) is 0 Å². The molecule has 2 aromatic rings. The summed E-state index contributed by atoms with van der Waals surface area (Å²) >= 11 is 1.79. The smallest absolute Gasteiger partial charge is 0.134 e. The lowest BCUT2D eigenvalue weighted by molar-refractivity contribution is 0.919. The van der Waals surface area contributed by atoms with Crippen LogP contribution in [-0.4, -0.2) is 23.6 Å². The lowest BCUT2D eigenvalue weighted by atomic mass is 10.2. The quantitative estimate of drug-likeness (QED) is 0.851. The number of nitrogens with zero attached hydrogens (tertiary/aromatic N) is 2. The summed E-state index contributed by atoms with van der Waals surface area (Å²) in [6.07, 6.45) is 1.87. The third kappa shape index (κ3) is 3.44. The molecule has 2 aromatic heterocycles. The normalized spacial score (nSPS) is 10.5. The Balaban J connectivity index is 2.06. The van der Waals surface area contributed by atoms with Gasteiger partial charge < -0.3 is 10.6 Å². The minimum Gasteiger partial charge on any atom is -0.373 e. The standard InChI is InChI=1S/C14H20N4S/c1-4-12-17-13(15-3)10(2)14(18-12)16-8-7-11-6-5-9-19-11/h5-6,9H,4,7-8H2,1-3H3,(H2,15,16,17,18). The molecule has 0 saturated carbocycles. The third-order valence-electron chi connectivity index (χ3n) is 2.99. The third-order valence-corrected chi connectivity index (χ3v) is 3.93. The summed E-state index contributed by atoms with van der Waals surface area (Å²) in [6.45, 7) is 5.00. The van der Waals surface area contributed by atoms with Crippen LogP contribution in [0.15, 0.2) is 17.5 Å². The molecular formula is C14H20N4S. The number of aromatic nitrogens is 2. The molecule has 0 aliphatic heterocycles. The topological polar surface area (TPSA) is 49.8 Å². The van der Waals surface area contributed by atoms with E-state index < -0.39 is 0 Å². The fourth-order valence-corrected chi connectivity index (χ4v) is 2.60. The van der Waals surface area contributed by atoms with Crippen molar-refractivity contribution in [1.29, 1.82) is 0 Å². The van der Waals surface area contributed by atoms with Crippen molar-refractivity contribution in [3.63, 3.8) is 0 Å². The van der Waals surface area contributed by atoms with Gasteiger partial charge in [-0.3, -0.25) is 0 Å². The monoisotopic (exact) mass is 276 g/mol. The van der Waals surface area contributed by atoms with Crippen molar-refractivity contribution in [3.8, 4) is 0 Å². The van der Waals surface area contributed by atoms with Crippen molar-refractivity contribution in [2.24, 2.45) is 0 Å². The van der Waals surface area contributed by atoms with Crippen LogP contribution in [0.3, 0.4) is 0 Å². The van der Waals surface area contributed by atoms with Crippen LogP contribution in [0, 0.1) is 6.92 Å². The summed E-state index contributed by atoms with van der Waals surface area (Å²) < 4.78 is 0. The molecule has 5 heteroatoms. The average Bonchev–Trinajstić information content (AvgIpc) is 2.94. The Kier molecular flexibility index (Phi) is 4.74. The molecule has 0 radical (unpaired) electrons. The SMILES string of the molecule is CCc1nc(NC)c(C)c(NCCc2cccs2)n1. The van der Waals surface area contributed by atoms with Gasteiger partial charge >= 0.3 is 0 Å². The number of hydrogen-bond donors (Lipinski definition) is 2. The van der Waals surface area contributed by atoms with Crippen molar-refractivity contribution in [1.82, 2.24) is 9.97 Å². The van der Waals surface area contributed by atoms with Gasteiger partial charge in [-0.15, -0.1) is 11.3 Å². The first-order valence-corrected chi connectivity index (χ1v) is 7.44. The van der Waals surface area contributed by atoms with Gasteiger partial charge in [0.2, 0.25) is 0 Å². The molecular weight excluding hydrogens is 256 g/mol. The zero-order valence-electron chi connectivity index (χ0n) is 11.7. The highest BCUT2D eigenvalue weighted by atomic mass is 32.1. The van der Waals surface area contributed by atoms with E-state index in [0.717, 1.165) is 42.4 Å². The first-order valence-electron chi connectivity index (χ1n) is 6.56. The maximum absolute atomic E-state index is 4.56. The van der Waals surface area contributed by atoms with E-state index in [1.807, 2.05) is 14.0 Å². The van der Waals surface area contributed by atoms with Gasteiger partial charge in [-0.05, 0) is 24.8 Å². The van der Waals surface area contributed by atoms with Crippen molar-refractivity contribution < 1.29 is 0 Å². The highest BCUT2D eigenvalue weighted by Crippen LogP contribution is 2.20. The van der Waals surface area contributed by atoms with Crippen LogP contribution in [0.1, 0.15) is 23.2 Å². The van der Waals surface area contributed by atoms with Crippen LogP contribution in [-0.2, 0) is 12.8 Å². The minimum absolute atomic E-state index is 0.842. The van der Waals surface area contributed by atoms with E-state index in [1.54, 1.807) is 11.3 Å². The van der Waals surface area contributed by atoms with Gasteiger partial charge in [0, 0.05) is 30.5 Å². The van der Waals surface area contributed by atoms with Gasteiger partial charge in [-0.25, -0.2) is 9.97 Å². The zero-order chi connectivity index (χ0) is 13.7. The van der Waals surface area contributed by atoms with Crippen LogP contribution >= 0.6 is 11.3 Å². The molecule has 4 nitrogen and oxygen atoms in total. The predicted molar refractivity (Wildman–Crippen MR) is 82.2 cm³/mol. The summed E-state index contributed by atoms with van der Waals surface area (Å²) in [5.74, 6) is 2.71. The second-order valence-corrected chi connectivity index (χ2v) is 5.35. The molecule has 0 atom stereocenters. The number of anilines is 2. The molecule has 0 bridgehead atoms. The number of rotatable bonds is 6. The Morgan fingerprint density at radius 2 is 2.05 bits per heavy atom. The van der Waals surface area contributed by atoms with E-state index in [9.17, 15) is 0 Å². The fraction of sp³-hybridized carbons (Fsp3) is 0.429. The Morgan fingerprint density at radius 1 is 1.26 bits per heavy atom. The van der Waals surface area contributed by atoms with E-state index in [1.165, 1.54) is 4.88 Å². The number of thiophene rings is 1. The molecule has 2 heterocycles. The molecule has 0 amide bonds. The number of hydrogen-bond acceptors (Lipinski definition) is 5. The van der Waals surface area contributed by atoms with Crippen molar-refractivity contribution >= 4 is 23.0 Å². The second kappa shape index (κ2) is 6.52. The van der Waals surface area contributed by atoms with Crippen molar-refractivity contribution in [2.45, 2.75) is 26.7 Å². The largest absolute Gasteiger partial charge is 0.373 e. The van der Waals surface area contributed by atoms with Gasteiger partial charge in [0.05, 0.1) is 0 Å². The Morgan fingerprint density at radius 3 is 2.68 bits per heavy atom. The van der Waals surface area contributed by atoms with E-state index in [2.05, 4.69) is 45.0 Å². The van der Waals surface area contributed by atoms with E-state index >= 15 is 0 Å². The minimum atomic E-state index is 0.842. The molecule has 0 aliphatic rings. The Hall–Kier alpha value is -1.62. The lowest BCUT2D eigenvalue weighted by Crippen LogP contribution is -2.11. The molecule has 0 aliphatic carbocycles.